The van der Waals surface area contributed by atoms with Crippen LogP contribution in [0, 0.1) is 0 Å². The van der Waals surface area contributed by atoms with E-state index in [1.54, 1.807) is 4.90 Å². The van der Waals surface area contributed by atoms with Crippen LogP contribution < -0.4 is 20.7 Å². The predicted octanol–water partition coefficient (Wildman–Crippen LogP) is 1.88. The maximum atomic E-state index is 5.98. The average molecular weight is 259 g/mol. The molecule has 0 unspecified atom stereocenters. The van der Waals surface area contributed by atoms with Gasteiger partial charge in [-0.25, -0.2) is 0 Å². The molecule has 6 heteroatoms. The second-order valence-electron chi connectivity index (χ2n) is 4.18. The molecule has 0 bridgehead atoms. The van der Waals surface area contributed by atoms with Gasteiger partial charge in [-0.05, 0) is 12.1 Å². The van der Waals surface area contributed by atoms with Gasteiger partial charge < -0.3 is 20.7 Å². The molecule has 0 saturated heterocycles. The minimum Gasteiger partial charge on any atom is -0.479 e. The first-order valence-electron chi connectivity index (χ1n) is 5.82. The molecule has 2 rings (SSSR count). The van der Waals surface area contributed by atoms with Crippen LogP contribution in [0.4, 0.5) is 23.1 Å². The van der Waals surface area contributed by atoms with Gasteiger partial charge >= 0.3 is 0 Å². The van der Waals surface area contributed by atoms with E-state index in [1.807, 2.05) is 44.4 Å². The molecule has 0 fully saturated rings. The number of nitrogens with one attached hydrogen (secondary N) is 1. The van der Waals surface area contributed by atoms with E-state index in [4.69, 9.17) is 10.5 Å². The van der Waals surface area contributed by atoms with Crippen LogP contribution in [0.15, 0.2) is 30.3 Å². The van der Waals surface area contributed by atoms with Crippen molar-refractivity contribution in [3.05, 3.63) is 30.3 Å². The first-order chi connectivity index (χ1) is 9.11. The van der Waals surface area contributed by atoms with Crippen molar-refractivity contribution in [2.24, 2.45) is 0 Å². The smallest absolute Gasteiger partial charge is 0.244 e. The molecule has 0 aliphatic heterocycles. The Morgan fingerprint density at radius 3 is 2.42 bits per heavy atom. The summed E-state index contributed by atoms with van der Waals surface area (Å²) in [6.45, 7) is 0. The van der Waals surface area contributed by atoms with Crippen molar-refractivity contribution in [3.8, 4) is 5.88 Å². The number of nitrogen functional groups attached to an aromatic ring is 1. The first kappa shape index (κ1) is 12.9. The number of hydrogen-bond donors (Lipinski definition) is 2. The molecular weight excluding hydrogens is 242 g/mol. The Kier molecular flexibility index (Phi) is 3.70. The maximum absolute atomic E-state index is 5.98. The van der Waals surface area contributed by atoms with E-state index in [1.165, 1.54) is 7.11 Å². The fourth-order valence-electron chi connectivity index (χ4n) is 1.55. The lowest BCUT2D eigenvalue weighted by Gasteiger charge is -2.16. The average Bonchev–Trinajstić information content (AvgIpc) is 2.42. The summed E-state index contributed by atoms with van der Waals surface area (Å²) >= 11 is 0. The fraction of sp³-hybridized carbons (Fsp3) is 0.231. The maximum Gasteiger partial charge on any atom is 0.244 e. The molecule has 0 amide bonds. The lowest BCUT2D eigenvalue weighted by molar-refractivity contribution is 0.400. The molecule has 0 saturated carbocycles. The molecule has 2 aromatic rings. The van der Waals surface area contributed by atoms with Crippen molar-refractivity contribution in [2.45, 2.75) is 0 Å². The molecule has 1 aromatic heterocycles. The summed E-state index contributed by atoms with van der Waals surface area (Å²) in [5.74, 6) is 1.42. The Morgan fingerprint density at radius 1 is 1.16 bits per heavy atom. The van der Waals surface area contributed by atoms with E-state index in [2.05, 4.69) is 15.3 Å². The quantitative estimate of drug-likeness (QED) is 0.873. The highest BCUT2D eigenvalue weighted by Crippen LogP contribution is 2.30. The standard InChI is InChI=1S/C13H17N5O/c1-18(2)13-16-11(10(14)12(17-13)19-3)15-9-7-5-4-6-8-9/h4-8H,14H2,1-3H3,(H,15,16,17). The van der Waals surface area contributed by atoms with Gasteiger partial charge in [-0.3, -0.25) is 0 Å². The van der Waals surface area contributed by atoms with Gasteiger partial charge in [0.2, 0.25) is 11.8 Å². The number of nitrogens with zero attached hydrogens (tertiary/aromatic N) is 3. The summed E-state index contributed by atoms with van der Waals surface area (Å²) in [6.07, 6.45) is 0. The number of ether oxygens (including phenoxy) is 1. The largest absolute Gasteiger partial charge is 0.479 e. The Balaban J connectivity index is 2.41. The Bertz CT molecular complexity index is 556. The molecule has 0 spiro atoms. The van der Waals surface area contributed by atoms with Gasteiger partial charge in [-0.15, -0.1) is 0 Å². The lowest BCUT2D eigenvalue weighted by atomic mass is 10.3. The number of methoxy groups -OCH3 is 1. The van der Waals surface area contributed by atoms with Gasteiger partial charge in [0, 0.05) is 19.8 Å². The summed E-state index contributed by atoms with van der Waals surface area (Å²) in [7, 11) is 5.25. The van der Waals surface area contributed by atoms with E-state index >= 15 is 0 Å². The Morgan fingerprint density at radius 2 is 1.84 bits per heavy atom. The van der Waals surface area contributed by atoms with Crippen molar-refractivity contribution in [2.75, 3.05) is 37.2 Å². The predicted molar refractivity (Wildman–Crippen MR) is 77.0 cm³/mol. The molecule has 3 N–H and O–H groups in total. The van der Waals surface area contributed by atoms with Gasteiger partial charge in [0.1, 0.15) is 5.69 Å². The minimum absolute atomic E-state index is 0.358. The molecule has 100 valence electrons. The summed E-state index contributed by atoms with van der Waals surface area (Å²) in [6, 6.07) is 9.68. The second-order valence-corrected chi connectivity index (χ2v) is 4.18. The van der Waals surface area contributed by atoms with Gasteiger partial charge in [0.25, 0.3) is 0 Å². The normalized spacial score (nSPS) is 10.1. The number of anilines is 4. The molecule has 1 aromatic carbocycles. The molecule has 0 aliphatic rings. The van der Waals surface area contributed by atoms with Crippen LogP contribution in [0.1, 0.15) is 0 Å². The number of nitrogens with two attached hydrogens (primary N) is 1. The molecule has 1 heterocycles. The monoisotopic (exact) mass is 259 g/mol. The zero-order chi connectivity index (χ0) is 13.8. The number of para-hydroxylation sites is 1. The van der Waals surface area contributed by atoms with E-state index in [-0.39, 0.29) is 0 Å². The highest BCUT2D eigenvalue weighted by molar-refractivity contribution is 5.73. The van der Waals surface area contributed by atoms with E-state index < -0.39 is 0 Å². The van der Waals surface area contributed by atoms with Gasteiger partial charge in [-0.1, -0.05) is 18.2 Å². The summed E-state index contributed by atoms with van der Waals surface area (Å²) in [5.41, 5.74) is 7.27. The number of hydrogen-bond acceptors (Lipinski definition) is 6. The van der Waals surface area contributed by atoms with Crippen molar-refractivity contribution >= 4 is 23.1 Å². The molecule has 0 atom stereocenters. The molecule has 0 radical (unpaired) electrons. The van der Waals surface area contributed by atoms with Crippen molar-refractivity contribution in [3.63, 3.8) is 0 Å². The van der Waals surface area contributed by atoms with Crippen LogP contribution in [0.5, 0.6) is 5.88 Å². The van der Waals surface area contributed by atoms with E-state index in [9.17, 15) is 0 Å². The van der Waals surface area contributed by atoms with E-state index in [0.717, 1.165) is 5.69 Å². The molecule has 6 nitrogen and oxygen atoms in total. The van der Waals surface area contributed by atoms with Crippen LogP contribution in [0.3, 0.4) is 0 Å². The van der Waals surface area contributed by atoms with Crippen molar-refractivity contribution < 1.29 is 4.74 Å². The first-order valence-corrected chi connectivity index (χ1v) is 5.82. The zero-order valence-corrected chi connectivity index (χ0v) is 11.2. The minimum atomic E-state index is 0.358. The van der Waals surface area contributed by atoms with Crippen LogP contribution in [0.25, 0.3) is 0 Å². The summed E-state index contributed by atoms with van der Waals surface area (Å²) in [4.78, 5) is 10.4. The van der Waals surface area contributed by atoms with Gasteiger partial charge in [0.15, 0.2) is 5.82 Å². The number of benzene rings is 1. The van der Waals surface area contributed by atoms with Crippen LogP contribution in [0.2, 0.25) is 0 Å². The summed E-state index contributed by atoms with van der Waals surface area (Å²) < 4.78 is 5.17. The highest BCUT2D eigenvalue weighted by Gasteiger charge is 2.13. The third kappa shape index (κ3) is 2.85. The molecular formula is C13H17N5O. The Labute approximate surface area is 112 Å². The SMILES string of the molecule is COc1nc(N(C)C)nc(Nc2ccccc2)c1N. The topological polar surface area (TPSA) is 76.3 Å². The highest BCUT2D eigenvalue weighted by atomic mass is 16.5. The fourth-order valence-corrected chi connectivity index (χ4v) is 1.55. The zero-order valence-electron chi connectivity index (χ0n) is 11.2. The van der Waals surface area contributed by atoms with Gasteiger partial charge in [-0.2, -0.15) is 9.97 Å². The van der Waals surface area contributed by atoms with Crippen LogP contribution in [-0.2, 0) is 0 Å². The Hall–Kier alpha value is -2.50. The number of aromatic nitrogens is 2. The van der Waals surface area contributed by atoms with E-state index in [0.29, 0.717) is 23.3 Å². The number of rotatable bonds is 4. The molecule has 19 heavy (non-hydrogen) atoms. The third-order valence-electron chi connectivity index (χ3n) is 2.53. The van der Waals surface area contributed by atoms with Crippen molar-refractivity contribution in [1.29, 1.82) is 0 Å². The van der Waals surface area contributed by atoms with Crippen LogP contribution in [-0.4, -0.2) is 31.2 Å². The lowest BCUT2D eigenvalue weighted by Crippen LogP contribution is -2.15. The third-order valence-corrected chi connectivity index (χ3v) is 2.53. The van der Waals surface area contributed by atoms with Crippen molar-refractivity contribution in [1.82, 2.24) is 9.97 Å². The molecule has 0 aliphatic carbocycles. The summed E-state index contributed by atoms with van der Waals surface area (Å²) in [5, 5.41) is 3.16. The van der Waals surface area contributed by atoms with Gasteiger partial charge in [0.05, 0.1) is 7.11 Å². The second kappa shape index (κ2) is 5.43. The van der Waals surface area contributed by atoms with Crippen LogP contribution >= 0.6 is 0 Å².